The van der Waals surface area contributed by atoms with E-state index < -0.39 is 49.5 Å². The largest absolute Gasteiger partial charge is 0.394 e. The summed E-state index contributed by atoms with van der Waals surface area (Å²) in [5.74, 6) is -0.184. The lowest BCUT2D eigenvalue weighted by atomic mass is 9.99. The normalized spacial score (nSPS) is 19.2. The zero-order valence-corrected chi connectivity index (χ0v) is 50.0. The van der Waals surface area contributed by atoms with E-state index in [1.54, 1.807) is 6.08 Å². The Balaban J connectivity index is 2.17. The first-order valence-electron chi connectivity index (χ1n) is 32.7. The van der Waals surface area contributed by atoms with Gasteiger partial charge in [-0.25, -0.2) is 0 Å². The first-order valence-corrected chi connectivity index (χ1v) is 32.7. The van der Waals surface area contributed by atoms with E-state index in [4.69, 9.17) is 9.47 Å². The van der Waals surface area contributed by atoms with Crippen molar-refractivity contribution in [2.24, 2.45) is 0 Å². The number of aliphatic hydroxyl groups excluding tert-OH is 5. The van der Waals surface area contributed by atoms with E-state index in [1.165, 1.54) is 212 Å². The maximum Gasteiger partial charge on any atom is 0.220 e. The SMILES string of the molecule is CC/C=C\C/C=C\C/C=C\C/C=C\CCCCCCCCCCCCCCCCCCCCC(=O)NC(COC1OC(CO)C(O)C(O)C1O)C(O)/C=C/CC/C=C/CCCCCCCCCCCCCCCCCCC. The molecule has 1 heterocycles. The fourth-order valence-corrected chi connectivity index (χ4v) is 10.2. The predicted octanol–water partition coefficient (Wildman–Crippen LogP) is 17.2. The number of allylic oxidation sites excluding steroid dienone is 11. The Morgan fingerprint density at radius 3 is 1.25 bits per heavy atom. The summed E-state index contributed by atoms with van der Waals surface area (Å²) in [5.41, 5.74) is 0. The summed E-state index contributed by atoms with van der Waals surface area (Å²) >= 11 is 0. The molecule has 7 unspecified atom stereocenters. The summed E-state index contributed by atoms with van der Waals surface area (Å²) in [6, 6.07) is -0.825. The minimum atomic E-state index is -1.57. The summed E-state index contributed by atoms with van der Waals surface area (Å²) < 4.78 is 11.3. The molecule has 0 aromatic carbocycles. The molecule has 0 spiro atoms. The highest BCUT2D eigenvalue weighted by atomic mass is 16.7. The van der Waals surface area contributed by atoms with Crippen molar-refractivity contribution in [3.63, 3.8) is 0 Å². The van der Waals surface area contributed by atoms with Crippen LogP contribution in [0.1, 0.15) is 296 Å². The third kappa shape index (κ3) is 46.0. The minimum absolute atomic E-state index is 0.184. The average Bonchev–Trinajstić information content (AvgIpc) is 3.43. The monoisotopic (exact) mass is 1080 g/mol. The number of hydrogen-bond donors (Lipinski definition) is 6. The van der Waals surface area contributed by atoms with Gasteiger partial charge in [-0.15, -0.1) is 0 Å². The molecule has 1 saturated heterocycles. The second kappa shape index (κ2) is 56.9. The van der Waals surface area contributed by atoms with Crippen molar-refractivity contribution in [2.45, 2.75) is 339 Å². The zero-order chi connectivity index (χ0) is 55.8. The van der Waals surface area contributed by atoms with E-state index in [2.05, 4.69) is 79.9 Å². The first-order chi connectivity index (χ1) is 37.8. The highest BCUT2D eigenvalue weighted by molar-refractivity contribution is 5.76. The van der Waals surface area contributed by atoms with Crippen LogP contribution >= 0.6 is 0 Å². The molecule has 0 aromatic rings. The van der Waals surface area contributed by atoms with Gasteiger partial charge >= 0.3 is 0 Å². The number of unbranched alkanes of at least 4 members (excludes halogenated alkanes) is 36. The van der Waals surface area contributed by atoms with Crippen LogP contribution in [0.25, 0.3) is 0 Å². The van der Waals surface area contributed by atoms with Crippen LogP contribution in [0.3, 0.4) is 0 Å². The average molecular weight is 1080 g/mol. The Kier molecular flexibility index (Phi) is 53.7. The maximum atomic E-state index is 13.1. The summed E-state index contributed by atoms with van der Waals surface area (Å²) in [6.07, 6.45) is 72.8. The van der Waals surface area contributed by atoms with Gasteiger partial charge in [0.15, 0.2) is 6.29 Å². The van der Waals surface area contributed by atoms with Crippen LogP contribution in [0.2, 0.25) is 0 Å². The van der Waals surface area contributed by atoms with Gasteiger partial charge in [-0.05, 0) is 70.6 Å². The van der Waals surface area contributed by atoms with Crippen molar-refractivity contribution in [3.05, 3.63) is 72.9 Å². The quantitative estimate of drug-likeness (QED) is 0.0261. The fraction of sp³-hybridized carbons (Fsp3) is 0.809. The third-order valence-corrected chi connectivity index (χ3v) is 15.3. The lowest BCUT2D eigenvalue weighted by molar-refractivity contribution is -0.302. The molecule has 1 amide bonds. The Hall–Kier alpha value is -2.37. The number of amides is 1. The van der Waals surface area contributed by atoms with Crippen molar-refractivity contribution >= 4 is 5.91 Å². The molecule has 0 radical (unpaired) electrons. The molecule has 1 rings (SSSR count). The molecule has 1 aliphatic rings. The summed E-state index contributed by atoms with van der Waals surface area (Å²) in [6.45, 7) is 3.68. The van der Waals surface area contributed by atoms with Crippen molar-refractivity contribution < 1.29 is 39.8 Å². The zero-order valence-electron chi connectivity index (χ0n) is 50.0. The smallest absolute Gasteiger partial charge is 0.220 e. The predicted molar refractivity (Wildman–Crippen MR) is 327 cm³/mol. The number of carbonyl (C=O) groups is 1. The van der Waals surface area contributed by atoms with Crippen molar-refractivity contribution in [3.8, 4) is 0 Å². The molecule has 0 saturated carbocycles. The van der Waals surface area contributed by atoms with Crippen molar-refractivity contribution in [1.29, 1.82) is 0 Å². The molecule has 1 aliphatic heterocycles. The minimum Gasteiger partial charge on any atom is -0.394 e. The second-order valence-corrected chi connectivity index (χ2v) is 22.5. The van der Waals surface area contributed by atoms with Gasteiger partial charge in [0.25, 0.3) is 0 Å². The molecule has 9 nitrogen and oxygen atoms in total. The van der Waals surface area contributed by atoms with Crippen LogP contribution in [0.5, 0.6) is 0 Å². The summed E-state index contributed by atoms with van der Waals surface area (Å²) in [5, 5.41) is 54.7. The molecule has 0 aromatic heterocycles. The maximum absolute atomic E-state index is 13.1. The van der Waals surface area contributed by atoms with Crippen molar-refractivity contribution in [2.75, 3.05) is 13.2 Å². The molecule has 77 heavy (non-hydrogen) atoms. The molecule has 6 N–H and O–H groups in total. The third-order valence-electron chi connectivity index (χ3n) is 15.3. The lowest BCUT2D eigenvalue weighted by Crippen LogP contribution is -2.60. The number of nitrogens with one attached hydrogen (secondary N) is 1. The van der Waals surface area contributed by atoms with Gasteiger partial charge in [0.05, 0.1) is 25.4 Å². The number of rotatable bonds is 56. The van der Waals surface area contributed by atoms with Gasteiger partial charge in [-0.2, -0.15) is 0 Å². The van der Waals surface area contributed by atoms with Crippen LogP contribution < -0.4 is 5.32 Å². The van der Waals surface area contributed by atoms with Crippen LogP contribution in [0, 0.1) is 0 Å². The van der Waals surface area contributed by atoms with Crippen LogP contribution in [0.15, 0.2) is 72.9 Å². The molecule has 9 heteroatoms. The molecule has 0 bridgehead atoms. The van der Waals surface area contributed by atoms with E-state index in [-0.39, 0.29) is 12.5 Å². The Labute approximate surface area is 474 Å². The van der Waals surface area contributed by atoms with Gasteiger partial charge in [0.1, 0.15) is 24.4 Å². The van der Waals surface area contributed by atoms with Crippen molar-refractivity contribution in [1.82, 2.24) is 5.32 Å². The first kappa shape index (κ1) is 72.6. The van der Waals surface area contributed by atoms with E-state index in [0.717, 1.165) is 64.2 Å². The second-order valence-electron chi connectivity index (χ2n) is 22.5. The van der Waals surface area contributed by atoms with E-state index in [9.17, 15) is 30.3 Å². The molecular weight excluding hydrogens is 959 g/mol. The standard InChI is InChI=1S/C68H123NO8/c1-3-5-7-9-11-13-15-17-19-21-23-25-27-28-29-30-31-32-33-34-36-38-40-42-44-46-48-50-52-54-56-58-64(72)69-61(60-76-68-67(75)66(74)65(73)63(59-70)77-68)62(71)57-55-53-51-49-47-45-43-41-39-37-35-26-24-22-20-18-16-14-12-10-8-6-4-2/h5,7,11,13,17,19,23,25,47,49,55,57,61-63,65-68,70-71,73-75H,3-4,6,8-10,12,14-16,18,20-22,24,26-46,48,50-54,56,58-60H2,1-2H3,(H,69,72)/b7-5-,13-11-,19-17-,25-23-,49-47+,57-55+. The topological polar surface area (TPSA) is 149 Å². The summed E-state index contributed by atoms with van der Waals surface area (Å²) in [7, 11) is 0. The highest BCUT2D eigenvalue weighted by Gasteiger charge is 2.44. The number of hydrogen-bond acceptors (Lipinski definition) is 8. The number of carbonyl (C=O) groups excluding carboxylic acids is 1. The van der Waals surface area contributed by atoms with Crippen LogP contribution in [-0.4, -0.2) is 87.5 Å². The molecule has 7 atom stereocenters. The number of ether oxygens (including phenoxy) is 2. The highest BCUT2D eigenvalue weighted by Crippen LogP contribution is 2.23. The van der Waals surface area contributed by atoms with Gasteiger partial charge < -0.3 is 40.3 Å². The lowest BCUT2D eigenvalue weighted by Gasteiger charge is -2.40. The van der Waals surface area contributed by atoms with Gasteiger partial charge in [-0.3, -0.25) is 4.79 Å². The van der Waals surface area contributed by atoms with E-state index >= 15 is 0 Å². The Morgan fingerprint density at radius 1 is 0.455 bits per heavy atom. The van der Waals surface area contributed by atoms with Gasteiger partial charge in [-0.1, -0.05) is 292 Å². The molecule has 0 aliphatic carbocycles. The Bertz CT molecular complexity index is 1440. The van der Waals surface area contributed by atoms with Crippen LogP contribution in [0.4, 0.5) is 0 Å². The molecular formula is C68H123NO8. The van der Waals surface area contributed by atoms with E-state index in [0.29, 0.717) is 6.42 Å². The molecule has 1 fully saturated rings. The van der Waals surface area contributed by atoms with Crippen LogP contribution in [-0.2, 0) is 14.3 Å². The van der Waals surface area contributed by atoms with Gasteiger partial charge in [0.2, 0.25) is 5.91 Å². The summed E-state index contributed by atoms with van der Waals surface area (Å²) in [4.78, 5) is 13.1. The van der Waals surface area contributed by atoms with E-state index in [1.807, 2.05) is 6.08 Å². The Morgan fingerprint density at radius 2 is 0.818 bits per heavy atom. The fourth-order valence-electron chi connectivity index (χ4n) is 10.2. The number of aliphatic hydroxyl groups is 5. The molecule has 448 valence electrons. The van der Waals surface area contributed by atoms with Gasteiger partial charge in [0, 0.05) is 6.42 Å².